The van der Waals surface area contributed by atoms with Gasteiger partial charge in [0.25, 0.3) is 0 Å². The van der Waals surface area contributed by atoms with Crippen LogP contribution in [0.25, 0.3) is 0 Å². The van der Waals surface area contributed by atoms with Crippen molar-refractivity contribution < 1.29 is 4.79 Å². The SMILES string of the molecule is CN(C(=O)C1Cc2ccccc2C1)c1ccncc1N. The Morgan fingerprint density at radius 3 is 2.50 bits per heavy atom. The van der Waals surface area contributed by atoms with Gasteiger partial charge >= 0.3 is 0 Å². The summed E-state index contributed by atoms with van der Waals surface area (Å²) in [6, 6.07) is 10.0. The summed E-state index contributed by atoms with van der Waals surface area (Å²) in [5.41, 5.74) is 9.69. The molecule has 0 atom stereocenters. The number of nitrogens with zero attached hydrogens (tertiary/aromatic N) is 2. The van der Waals surface area contributed by atoms with E-state index >= 15 is 0 Å². The number of amides is 1. The van der Waals surface area contributed by atoms with Crippen LogP contribution in [0.15, 0.2) is 42.7 Å². The highest BCUT2D eigenvalue weighted by molar-refractivity contribution is 5.97. The molecule has 1 aliphatic rings. The molecule has 4 nitrogen and oxygen atoms in total. The summed E-state index contributed by atoms with van der Waals surface area (Å²) in [5.74, 6) is 0.115. The minimum atomic E-state index is 0.00460. The quantitative estimate of drug-likeness (QED) is 0.905. The van der Waals surface area contributed by atoms with E-state index in [0.29, 0.717) is 5.69 Å². The molecule has 1 heterocycles. The normalized spacial score (nSPS) is 14.1. The van der Waals surface area contributed by atoms with E-state index < -0.39 is 0 Å². The second-order valence-electron chi connectivity index (χ2n) is 5.21. The van der Waals surface area contributed by atoms with Crippen LogP contribution in [-0.2, 0) is 17.6 Å². The van der Waals surface area contributed by atoms with Gasteiger partial charge in [0.2, 0.25) is 5.91 Å². The Morgan fingerprint density at radius 2 is 1.90 bits per heavy atom. The Bertz CT molecular complexity index is 629. The smallest absolute Gasteiger partial charge is 0.230 e. The summed E-state index contributed by atoms with van der Waals surface area (Å²) in [5, 5.41) is 0. The number of nitrogen functional groups attached to an aromatic ring is 1. The molecule has 1 amide bonds. The predicted octanol–water partition coefficient (Wildman–Crippen LogP) is 2.04. The Balaban J connectivity index is 1.80. The van der Waals surface area contributed by atoms with Gasteiger partial charge in [-0.2, -0.15) is 0 Å². The van der Waals surface area contributed by atoms with E-state index in [1.807, 2.05) is 12.1 Å². The third-order valence-electron chi connectivity index (χ3n) is 3.92. The standard InChI is InChI=1S/C16H17N3O/c1-19(15-6-7-18-10-14(15)17)16(20)13-8-11-4-2-3-5-12(11)9-13/h2-7,10,13H,8-9,17H2,1H3. The molecule has 102 valence electrons. The second-order valence-corrected chi connectivity index (χ2v) is 5.21. The minimum Gasteiger partial charge on any atom is -0.396 e. The van der Waals surface area contributed by atoms with E-state index in [4.69, 9.17) is 5.73 Å². The molecule has 2 aromatic rings. The summed E-state index contributed by atoms with van der Waals surface area (Å²) in [6.07, 6.45) is 4.84. The van der Waals surface area contributed by atoms with Crippen LogP contribution >= 0.6 is 0 Å². The molecule has 0 aliphatic heterocycles. The van der Waals surface area contributed by atoms with Crippen molar-refractivity contribution in [1.82, 2.24) is 4.98 Å². The summed E-state index contributed by atoms with van der Waals surface area (Å²) in [6.45, 7) is 0. The molecule has 20 heavy (non-hydrogen) atoms. The molecule has 0 saturated carbocycles. The van der Waals surface area contributed by atoms with Gasteiger partial charge in [0.15, 0.2) is 0 Å². The Hall–Kier alpha value is -2.36. The van der Waals surface area contributed by atoms with Gasteiger partial charge in [0.05, 0.1) is 17.6 Å². The Labute approximate surface area is 118 Å². The fourth-order valence-corrected chi connectivity index (χ4v) is 2.83. The lowest BCUT2D eigenvalue weighted by atomic mass is 10.0. The van der Waals surface area contributed by atoms with Crippen molar-refractivity contribution >= 4 is 17.3 Å². The van der Waals surface area contributed by atoms with Gasteiger partial charge in [0, 0.05) is 19.2 Å². The van der Waals surface area contributed by atoms with E-state index in [9.17, 15) is 4.79 Å². The number of fused-ring (bicyclic) bond motifs is 1. The molecule has 0 bridgehead atoms. The van der Waals surface area contributed by atoms with Crippen molar-refractivity contribution in [2.24, 2.45) is 5.92 Å². The van der Waals surface area contributed by atoms with E-state index in [1.54, 1.807) is 30.4 Å². The minimum absolute atomic E-state index is 0.00460. The third-order valence-corrected chi connectivity index (χ3v) is 3.92. The fourth-order valence-electron chi connectivity index (χ4n) is 2.83. The number of aromatic nitrogens is 1. The van der Waals surface area contributed by atoms with E-state index in [0.717, 1.165) is 18.5 Å². The maximum Gasteiger partial charge on any atom is 0.230 e. The lowest BCUT2D eigenvalue weighted by Crippen LogP contribution is -2.33. The fraction of sp³-hybridized carbons (Fsp3) is 0.250. The number of pyridine rings is 1. The highest BCUT2D eigenvalue weighted by atomic mass is 16.2. The predicted molar refractivity (Wildman–Crippen MR) is 79.4 cm³/mol. The highest BCUT2D eigenvalue weighted by Gasteiger charge is 2.30. The molecule has 0 radical (unpaired) electrons. The molecule has 2 N–H and O–H groups in total. The molecule has 3 rings (SSSR count). The van der Waals surface area contributed by atoms with Crippen molar-refractivity contribution in [2.45, 2.75) is 12.8 Å². The van der Waals surface area contributed by atoms with Gasteiger partial charge in [-0.15, -0.1) is 0 Å². The number of hydrogen-bond acceptors (Lipinski definition) is 3. The van der Waals surface area contributed by atoms with Crippen LogP contribution < -0.4 is 10.6 Å². The summed E-state index contributed by atoms with van der Waals surface area (Å²) >= 11 is 0. The van der Waals surface area contributed by atoms with Crippen LogP contribution in [0, 0.1) is 5.92 Å². The summed E-state index contributed by atoms with van der Waals surface area (Å²) < 4.78 is 0. The third kappa shape index (κ3) is 2.13. The zero-order chi connectivity index (χ0) is 14.1. The molecule has 0 fully saturated rings. The molecule has 0 spiro atoms. The van der Waals surface area contributed by atoms with Gasteiger partial charge in [-0.25, -0.2) is 0 Å². The molecule has 1 aromatic heterocycles. The summed E-state index contributed by atoms with van der Waals surface area (Å²) in [4.78, 5) is 18.2. The number of anilines is 2. The summed E-state index contributed by atoms with van der Waals surface area (Å²) in [7, 11) is 1.77. The molecule has 4 heteroatoms. The van der Waals surface area contributed by atoms with Crippen molar-refractivity contribution in [3.05, 3.63) is 53.9 Å². The molecule has 1 aromatic carbocycles. The first-order valence-corrected chi connectivity index (χ1v) is 6.70. The number of hydrogen-bond donors (Lipinski definition) is 1. The molecule has 0 saturated heterocycles. The largest absolute Gasteiger partial charge is 0.396 e. The van der Waals surface area contributed by atoms with Gasteiger partial charge in [-0.05, 0) is 30.0 Å². The maximum atomic E-state index is 12.6. The number of nitrogens with two attached hydrogens (primary N) is 1. The van der Waals surface area contributed by atoms with Crippen LogP contribution in [0.5, 0.6) is 0 Å². The monoisotopic (exact) mass is 267 g/mol. The first-order valence-electron chi connectivity index (χ1n) is 6.70. The van der Waals surface area contributed by atoms with Crippen molar-refractivity contribution in [1.29, 1.82) is 0 Å². The van der Waals surface area contributed by atoms with Crippen LogP contribution in [-0.4, -0.2) is 17.9 Å². The number of carbonyl (C=O) groups is 1. The Kier molecular flexibility index (Phi) is 3.14. The Morgan fingerprint density at radius 1 is 1.25 bits per heavy atom. The van der Waals surface area contributed by atoms with E-state index in [-0.39, 0.29) is 11.8 Å². The average molecular weight is 267 g/mol. The molecular weight excluding hydrogens is 250 g/mol. The van der Waals surface area contributed by atoms with Crippen LogP contribution in [0.4, 0.5) is 11.4 Å². The zero-order valence-electron chi connectivity index (χ0n) is 11.4. The molecular formula is C16H17N3O. The first-order chi connectivity index (χ1) is 9.66. The van der Waals surface area contributed by atoms with E-state index in [2.05, 4.69) is 17.1 Å². The number of carbonyl (C=O) groups excluding carboxylic acids is 1. The van der Waals surface area contributed by atoms with Crippen molar-refractivity contribution in [3.8, 4) is 0 Å². The molecule has 0 unspecified atom stereocenters. The van der Waals surface area contributed by atoms with Crippen molar-refractivity contribution in [3.63, 3.8) is 0 Å². The first kappa shape index (κ1) is 12.7. The van der Waals surface area contributed by atoms with Gasteiger partial charge in [-0.3, -0.25) is 9.78 Å². The topological polar surface area (TPSA) is 59.2 Å². The van der Waals surface area contributed by atoms with Crippen LogP contribution in [0.2, 0.25) is 0 Å². The number of benzene rings is 1. The maximum absolute atomic E-state index is 12.6. The molecule has 1 aliphatic carbocycles. The van der Waals surface area contributed by atoms with Gasteiger partial charge in [-0.1, -0.05) is 24.3 Å². The van der Waals surface area contributed by atoms with Gasteiger partial charge in [0.1, 0.15) is 0 Å². The van der Waals surface area contributed by atoms with Crippen LogP contribution in [0.1, 0.15) is 11.1 Å². The van der Waals surface area contributed by atoms with Crippen molar-refractivity contribution in [2.75, 3.05) is 17.7 Å². The zero-order valence-corrected chi connectivity index (χ0v) is 11.4. The lowest BCUT2D eigenvalue weighted by molar-refractivity contribution is -0.121. The second kappa shape index (κ2) is 4.96. The lowest BCUT2D eigenvalue weighted by Gasteiger charge is -2.22. The van der Waals surface area contributed by atoms with Gasteiger partial charge < -0.3 is 10.6 Å². The van der Waals surface area contributed by atoms with Crippen LogP contribution in [0.3, 0.4) is 0 Å². The number of rotatable bonds is 2. The van der Waals surface area contributed by atoms with E-state index in [1.165, 1.54) is 11.1 Å². The highest BCUT2D eigenvalue weighted by Crippen LogP contribution is 2.30. The average Bonchev–Trinajstić information content (AvgIpc) is 2.90.